The Hall–Kier alpha value is -2.47. The second-order valence-electron chi connectivity index (χ2n) is 8.70. The lowest BCUT2D eigenvalue weighted by atomic mass is 9.98. The van der Waals surface area contributed by atoms with Crippen molar-refractivity contribution in [3.8, 4) is 0 Å². The number of fused-ring (bicyclic) bond motifs is 2. The quantitative estimate of drug-likeness (QED) is 0.646. The van der Waals surface area contributed by atoms with Gasteiger partial charge in [-0.15, -0.1) is 0 Å². The van der Waals surface area contributed by atoms with Crippen LogP contribution in [-0.4, -0.2) is 32.1 Å². The van der Waals surface area contributed by atoms with Crippen molar-refractivity contribution < 1.29 is 4.39 Å². The van der Waals surface area contributed by atoms with Crippen LogP contribution in [0.3, 0.4) is 0 Å². The maximum Gasteiger partial charge on any atom is 0.256 e. The summed E-state index contributed by atoms with van der Waals surface area (Å²) in [4.78, 5) is 20.3. The van der Waals surface area contributed by atoms with Gasteiger partial charge in [0.25, 0.3) is 5.56 Å². The zero-order chi connectivity index (χ0) is 20.8. The fourth-order valence-electron chi connectivity index (χ4n) is 5.45. The predicted octanol–water partition coefficient (Wildman–Crippen LogP) is 4.38. The molecular formula is C24H29FN4O. The van der Waals surface area contributed by atoms with E-state index in [1.54, 1.807) is 12.1 Å². The highest BCUT2D eigenvalue weighted by Crippen LogP contribution is 2.35. The van der Waals surface area contributed by atoms with E-state index < -0.39 is 0 Å². The van der Waals surface area contributed by atoms with Gasteiger partial charge in [0, 0.05) is 54.0 Å². The summed E-state index contributed by atoms with van der Waals surface area (Å²) in [6, 6.07) is 7.70. The normalized spacial score (nSPS) is 20.6. The molecule has 2 aromatic heterocycles. The van der Waals surface area contributed by atoms with Gasteiger partial charge in [-0.3, -0.25) is 14.3 Å². The number of piperidine rings is 1. The molecule has 1 atom stereocenters. The largest absolute Gasteiger partial charge is 0.344 e. The molecule has 1 fully saturated rings. The lowest BCUT2D eigenvalue weighted by molar-refractivity contribution is 0.109. The third-order valence-electron chi connectivity index (χ3n) is 7.03. The Morgan fingerprint density at radius 2 is 1.93 bits per heavy atom. The van der Waals surface area contributed by atoms with Crippen molar-refractivity contribution in [3.63, 3.8) is 0 Å². The van der Waals surface area contributed by atoms with Gasteiger partial charge in [-0.25, -0.2) is 9.37 Å². The van der Waals surface area contributed by atoms with E-state index in [-0.39, 0.29) is 17.4 Å². The number of nitrogens with zero attached hydrogens (tertiary/aromatic N) is 4. The van der Waals surface area contributed by atoms with E-state index in [0.717, 1.165) is 79.7 Å². The molecule has 5 nitrogen and oxygen atoms in total. The van der Waals surface area contributed by atoms with E-state index in [1.807, 2.05) is 30.5 Å². The summed E-state index contributed by atoms with van der Waals surface area (Å²) >= 11 is 0. The minimum absolute atomic E-state index is 0.158. The smallest absolute Gasteiger partial charge is 0.256 e. The minimum Gasteiger partial charge on any atom is -0.344 e. The van der Waals surface area contributed by atoms with Gasteiger partial charge in [0.1, 0.15) is 11.6 Å². The zero-order valence-corrected chi connectivity index (χ0v) is 17.8. The summed E-state index contributed by atoms with van der Waals surface area (Å²) in [7, 11) is 0. The molecule has 4 heterocycles. The monoisotopic (exact) mass is 408 g/mol. The second-order valence-corrected chi connectivity index (χ2v) is 8.70. The van der Waals surface area contributed by atoms with Crippen molar-refractivity contribution in [2.75, 3.05) is 13.1 Å². The van der Waals surface area contributed by atoms with E-state index >= 15 is 0 Å². The van der Waals surface area contributed by atoms with Crippen molar-refractivity contribution in [2.45, 2.75) is 64.6 Å². The number of likely N-dealkylation sites (tertiary alicyclic amines) is 1. The summed E-state index contributed by atoms with van der Waals surface area (Å²) in [6.07, 6.45) is 7.02. The van der Waals surface area contributed by atoms with Crippen LogP contribution >= 0.6 is 0 Å². The Labute approximate surface area is 176 Å². The molecule has 0 radical (unpaired) electrons. The van der Waals surface area contributed by atoms with Gasteiger partial charge in [0.15, 0.2) is 0 Å². The number of aromatic nitrogens is 3. The van der Waals surface area contributed by atoms with E-state index in [9.17, 15) is 9.18 Å². The first-order valence-electron chi connectivity index (χ1n) is 11.2. The summed E-state index contributed by atoms with van der Waals surface area (Å²) in [5.41, 5.74) is 3.01. The molecule has 0 saturated carbocycles. The van der Waals surface area contributed by atoms with Gasteiger partial charge in [-0.2, -0.15) is 0 Å². The molecule has 5 rings (SSSR count). The Kier molecular flexibility index (Phi) is 4.97. The lowest BCUT2D eigenvalue weighted by Crippen LogP contribution is -2.43. The molecule has 0 spiro atoms. The third kappa shape index (κ3) is 3.18. The van der Waals surface area contributed by atoms with Crippen LogP contribution in [0.25, 0.3) is 10.9 Å². The van der Waals surface area contributed by atoms with Crippen LogP contribution in [0.2, 0.25) is 0 Å². The Bertz CT molecular complexity index is 1140. The summed E-state index contributed by atoms with van der Waals surface area (Å²) < 4.78 is 17.8. The number of rotatable bonds is 3. The van der Waals surface area contributed by atoms with Gasteiger partial charge in [0.2, 0.25) is 0 Å². The Balaban J connectivity index is 1.37. The Morgan fingerprint density at radius 1 is 1.13 bits per heavy atom. The molecule has 0 bridgehead atoms. The predicted molar refractivity (Wildman–Crippen MR) is 116 cm³/mol. The molecule has 2 aliphatic rings. The summed E-state index contributed by atoms with van der Waals surface area (Å²) in [5, 5.41) is 0.962. The first-order valence-corrected chi connectivity index (χ1v) is 11.2. The second kappa shape index (κ2) is 7.65. The molecule has 30 heavy (non-hydrogen) atoms. The van der Waals surface area contributed by atoms with E-state index in [2.05, 4.69) is 15.7 Å². The van der Waals surface area contributed by atoms with Crippen LogP contribution in [0.1, 0.15) is 61.8 Å². The highest BCUT2D eigenvalue weighted by atomic mass is 19.1. The molecule has 1 saturated heterocycles. The van der Waals surface area contributed by atoms with Crippen LogP contribution < -0.4 is 5.56 Å². The Morgan fingerprint density at radius 3 is 2.70 bits per heavy atom. The number of hydrogen-bond donors (Lipinski definition) is 0. The molecule has 1 unspecified atom stereocenters. The maximum atomic E-state index is 13.5. The first kappa shape index (κ1) is 19.5. The fourth-order valence-corrected chi connectivity index (χ4v) is 5.45. The lowest BCUT2D eigenvalue weighted by Gasteiger charge is -2.40. The molecule has 1 aromatic carbocycles. The van der Waals surface area contributed by atoms with Gasteiger partial charge in [-0.1, -0.05) is 6.92 Å². The van der Waals surface area contributed by atoms with Gasteiger partial charge in [-0.05, 0) is 63.3 Å². The van der Waals surface area contributed by atoms with Crippen LogP contribution in [-0.2, 0) is 13.0 Å². The molecule has 0 N–H and O–H groups in total. The highest BCUT2D eigenvalue weighted by molar-refractivity contribution is 5.80. The van der Waals surface area contributed by atoms with E-state index in [1.165, 1.54) is 0 Å². The highest BCUT2D eigenvalue weighted by Gasteiger charge is 2.32. The standard InChI is InChI=1S/C24H29FN4O/c1-3-20-16(2)26-23-22(5-4-11-29(23)24(20)30)27-12-9-19(10-13-27)28-14-8-17-15-18(25)6-7-21(17)28/h6-8,14-15,19,22H,3-5,9-13H2,1-2H3. The maximum absolute atomic E-state index is 13.5. The molecule has 6 heteroatoms. The van der Waals surface area contributed by atoms with E-state index in [0.29, 0.717) is 6.04 Å². The van der Waals surface area contributed by atoms with Crippen molar-refractivity contribution in [3.05, 3.63) is 63.7 Å². The van der Waals surface area contributed by atoms with E-state index in [4.69, 9.17) is 4.98 Å². The van der Waals surface area contributed by atoms with Crippen molar-refractivity contribution >= 4 is 10.9 Å². The fraction of sp³-hybridized carbons (Fsp3) is 0.500. The third-order valence-corrected chi connectivity index (χ3v) is 7.03. The number of halogens is 1. The van der Waals surface area contributed by atoms with Crippen molar-refractivity contribution in [2.24, 2.45) is 0 Å². The molecule has 0 amide bonds. The van der Waals surface area contributed by atoms with Crippen molar-refractivity contribution in [1.29, 1.82) is 0 Å². The number of hydrogen-bond acceptors (Lipinski definition) is 3. The average Bonchev–Trinajstić information content (AvgIpc) is 3.17. The molecular weight excluding hydrogens is 379 g/mol. The van der Waals surface area contributed by atoms with Crippen molar-refractivity contribution in [1.82, 2.24) is 19.0 Å². The van der Waals surface area contributed by atoms with Gasteiger partial charge >= 0.3 is 0 Å². The van der Waals surface area contributed by atoms with Crippen LogP contribution in [0.4, 0.5) is 4.39 Å². The molecule has 3 aromatic rings. The SMILES string of the molecule is CCc1c(C)nc2n(c1=O)CCCC2N1CCC(n2ccc3cc(F)ccc32)CC1. The van der Waals surface area contributed by atoms with Crippen LogP contribution in [0, 0.1) is 12.7 Å². The molecule has 0 aliphatic carbocycles. The average molecular weight is 409 g/mol. The first-order chi connectivity index (χ1) is 14.6. The zero-order valence-electron chi connectivity index (χ0n) is 17.8. The number of benzene rings is 1. The van der Waals surface area contributed by atoms with Crippen LogP contribution in [0.15, 0.2) is 35.3 Å². The molecule has 158 valence electrons. The van der Waals surface area contributed by atoms with Crippen LogP contribution in [0.5, 0.6) is 0 Å². The van der Waals surface area contributed by atoms with Gasteiger partial charge < -0.3 is 4.57 Å². The topological polar surface area (TPSA) is 43.1 Å². The number of aryl methyl sites for hydroxylation is 1. The van der Waals surface area contributed by atoms with Gasteiger partial charge in [0.05, 0.1) is 6.04 Å². The molecule has 2 aliphatic heterocycles. The summed E-state index contributed by atoms with van der Waals surface area (Å²) in [5.74, 6) is 0.775. The summed E-state index contributed by atoms with van der Waals surface area (Å²) in [6.45, 7) is 6.76. The minimum atomic E-state index is -0.185.